The predicted molar refractivity (Wildman–Crippen MR) is 140 cm³/mol. The predicted octanol–water partition coefficient (Wildman–Crippen LogP) is 4.64. The summed E-state index contributed by atoms with van der Waals surface area (Å²) < 4.78 is 10.7. The first-order chi connectivity index (χ1) is 17.9. The Kier molecular flexibility index (Phi) is 6.48. The molecule has 0 aromatic heterocycles. The van der Waals surface area contributed by atoms with E-state index in [2.05, 4.69) is 4.90 Å². The number of phenolic OH excluding ortho intramolecular Hbond substituents is 1. The van der Waals surface area contributed by atoms with Gasteiger partial charge < -0.3 is 24.6 Å². The lowest BCUT2D eigenvalue weighted by Gasteiger charge is -2.26. The Morgan fingerprint density at radius 2 is 1.59 bits per heavy atom. The van der Waals surface area contributed by atoms with Crippen LogP contribution >= 0.6 is 0 Å². The molecular weight excluding hydrogens is 472 g/mol. The third kappa shape index (κ3) is 4.35. The van der Waals surface area contributed by atoms with Gasteiger partial charge >= 0.3 is 0 Å². The van der Waals surface area contributed by atoms with E-state index in [9.17, 15) is 19.8 Å². The molecule has 37 heavy (non-hydrogen) atoms. The van der Waals surface area contributed by atoms with Crippen LogP contribution in [0.3, 0.4) is 0 Å². The molecule has 190 valence electrons. The number of aliphatic hydroxyl groups is 1. The highest BCUT2D eigenvalue weighted by atomic mass is 16.5. The van der Waals surface area contributed by atoms with Gasteiger partial charge in [0.1, 0.15) is 23.0 Å². The molecular formula is C29H28N2O6. The number of aromatic hydroxyl groups is 1. The Morgan fingerprint density at radius 1 is 0.892 bits per heavy atom. The number of carbonyl (C=O) groups excluding carboxylic acids is 2. The summed E-state index contributed by atoms with van der Waals surface area (Å²) in [6.07, 6.45) is 2.28. The van der Waals surface area contributed by atoms with Crippen LogP contribution in [-0.4, -0.2) is 49.2 Å². The second-order valence-electron chi connectivity index (χ2n) is 9.04. The van der Waals surface area contributed by atoms with E-state index in [0.29, 0.717) is 22.7 Å². The summed E-state index contributed by atoms with van der Waals surface area (Å²) in [5.74, 6) is -1.26. The minimum absolute atomic E-state index is 0.0218. The van der Waals surface area contributed by atoms with Gasteiger partial charge in [-0.3, -0.25) is 14.5 Å². The molecule has 0 spiro atoms. The average Bonchev–Trinajstić information content (AvgIpc) is 3.55. The molecule has 1 amide bonds. The summed E-state index contributed by atoms with van der Waals surface area (Å²) >= 11 is 0. The monoisotopic (exact) mass is 500 g/mol. The van der Waals surface area contributed by atoms with Crippen LogP contribution < -0.4 is 19.3 Å². The van der Waals surface area contributed by atoms with Crippen molar-refractivity contribution in [1.29, 1.82) is 0 Å². The van der Waals surface area contributed by atoms with Gasteiger partial charge in [0.25, 0.3) is 11.7 Å². The topological polar surface area (TPSA) is 99.5 Å². The van der Waals surface area contributed by atoms with Crippen molar-refractivity contribution in [1.82, 2.24) is 0 Å². The van der Waals surface area contributed by atoms with Crippen LogP contribution in [0.15, 0.2) is 72.3 Å². The molecule has 1 atom stereocenters. The first-order valence-corrected chi connectivity index (χ1v) is 12.1. The second-order valence-corrected chi connectivity index (χ2v) is 9.04. The van der Waals surface area contributed by atoms with E-state index in [0.717, 1.165) is 31.6 Å². The van der Waals surface area contributed by atoms with Crippen molar-refractivity contribution in [3.05, 3.63) is 83.4 Å². The van der Waals surface area contributed by atoms with Gasteiger partial charge in [0.05, 0.1) is 31.4 Å². The summed E-state index contributed by atoms with van der Waals surface area (Å²) in [7, 11) is 2.94. The number of benzene rings is 3. The first-order valence-electron chi connectivity index (χ1n) is 12.1. The Labute approximate surface area is 215 Å². The number of amides is 1. The molecule has 0 radical (unpaired) electrons. The molecule has 2 aliphatic heterocycles. The van der Waals surface area contributed by atoms with E-state index in [1.54, 1.807) is 42.5 Å². The molecule has 5 rings (SSSR count). The van der Waals surface area contributed by atoms with Gasteiger partial charge in [-0.2, -0.15) is 0 Å². The maximum Gasteiger partial charge on any atom is 0.300 e. The smallest absolute Gasteiger partial charge is 0.300 e. The fourth-order valence-electron chi connectivity index (χ4n) is 5.05. The van der Waals surface area contributed by atoms with Crippen molar-refractivity contribution in [2.75, 3.05) is 37.1 Å². The van der Waals surface area contributed by atoms with E-state index in [-0.39, 0.29) is 16.9 Å². The molecule has 3 aromatic carbocycles. The van der Waals surface area contributed by atoms with Crippen molar-refractivity contribution < 1.29 is 29.3 Å². The van der Waals surface area contributed by atoms with Gasteiger partial charge in [0.2, 0.25) is 0 Å². The number of phenols is 1. The van der Waals surface area contributed by atoms with Crippen LogP contribution in [0.2, 0.25) is 0 Å². The van der Waals surface area contributed by atoms with Crippen LogP contribution in [0, 0.1) is 0 Å². The molecule has 3 aromatic rings. The number of rotatable bonds is 6. The lowest BCUT2D eigenvalue weighted by molar-refractivity contribution is -0.132. The van der Waals surface area contributed by atoms with Gasteiger partial charge in [-0.25, -0.2) is 0 Å². The molecule has 2 saturated heterocycles. The molecule has 1 unspecified atom stereocenters. The molecule has 8 heteroatoms. The Hall–Kier alpha value is -4.46. The average molecular weight is 501 g/mol. The van der Waals surface area contributed by atoms with Gasteiger partial charge in [0, 0.05) is 24.5 Å². The number of nitrogens with zero attached hydrogens (tertiary/aromatic N) is 2. The quantitative estimate of drug-likeness (QED) is 0.289. The molecule has 2 N–H and O–H groups in total. The van der Waals surface area contributed by atoms with Crippen molar-refractivity contribution >= 4 is 28.8 Å². The summed E-state index contributed by atoms with van der Waals surface area (Å²) in [6.45, 7) is 1.96. The van der Waals surface area contributed by atoms with Crippen molar-refractivity contribution in [2.45, 2.75) is 18.9 Å². The largest absolute Gasteiger partial charge is 0.508 e. The second kappa shape index (κ2) is 9.89. The summed E-state index contributed by atoms with van der Waals surface area (Å²) in [6, 6.07) is 17.7. The van der Waals surface area contributed by atoms with E-state index >= 15 is 0 Å². The normalized spacial score (nSPS) is 18.9. The van der Waals surface area contributed by atoms with Gasteiger partial charge in [-0.1, -0.05) is 12.1 Å². The minimum Gasteiger partial charge on any atom is -0.508 e. The Morgan fingerprint density at radius 3 is 2.24 bits per heavy atom. The Bertz CT molecular complexity index is 1380. The van der Waals surface area contributed by atoms with Crippen molar-refractivity contribution in [3.8, 4) is 17.2 Å². The van der Waals surface area contributed by atoms with E-state index in [4.69, 9.17) is 9.47 Å². The third-order valence-corrected chi connectivity index (χ3v) is 6.89. The molecule has 8 nitrogen and oxygen atoms in total. The minimum atomic E-state index is -0.972. The van der Waals surface area contributed by atoms with E-state index in [1.165, 1.54) is 31.3 Å². The number of Topliss-reactive ketones (excluding diaryl/α,β-unsaturated/α-hetero) is 1. The molecule has 0 saturated carbocycles. The van der Waals surface area contributed by atoms with Crippen molar-refractivity contribution in [3.63, 3.8) is 0 Å². The number of methoxy groups -OCH3 is 2. The molecule has 0 aliphatic carbocycles. The number of anilines is 2. The van der Waals surface area contributed by atoms with Crippen LogP contribution in [0.5, 0.6) is 17.2 Å². The summed E-state index contributed by atoms with van der Waals surface area (Å²) in [5.41, 5.74) is 2.15. The molecule has 2 fully saturated rings. The zero-order valence-electron chi connectivity index (χ0n) is 20.7. The van der Waals surface area contributed by atoms with Gasteiger partial charge in [-0.05, 0) is 73.0 Å². The number of hydrogen-bond donors (Lipinski definition) is 2. The van der Waals surface area contributed by atoms with E-state index in [1.807, 2.05) is 12.1 Å². The Balaban J connectivity index is 1.67. The first kappa shape index (κ1) is 24.2. The number of hydrogen-bond acceptors (Lipinski definition) is 7. The highest BCUT2D eigenvalue weighted by Gasteiger charge is 2.47. The van der Waals surface area contributed by atoms with Gasteiger partial charge in [0.15, 0.2) is 0 Å². The van der Waals surface area contributed by atoms with Crippen LogP contribution in [0.25, 0.3) is 5.76 Å². The maximum absolute atomic E-state index is 13.5. The lowest BCUT2D eigenvalue weighted by atomic mass is 9.94. The highest BCUT2D eigenvalue weighted by molar-refractivity contribution is 6.51. The van der Waals surface area contributed by atoms with Crippen LogP contribution in [-0.2, 0) is 9.59 Å². The standard InChI is InChI=1S/C29H28N2O6/c1-36-22-12-13-24(37-2)23(17-22)27(33)25-26(18-6-5-7-21(32)16-18)31(29(35)28(25)34)20-10-8-19(9-11-20)30-14-3-4-15-30/h5-13,16-17,26,32-33H,3-4,14-15H2,1-2H3/b27-25+. The number of carbonyl (C=O) groups is 2. The SMILES string of the molecule is COc1ccc(OC)c(/C(O)=C2\C(=O)C(=O)N(c3ccc(N4CCCC4)cc3)C2c2cccc(O)c2)c1. The number of aliphatic hydroxyl groups excluding tert-OH is 1. The molecule has 2 aliphatic rings. The lowest BCUT2D eigenvalue weighted by Crippen LogP contribution is -2.29. The highest BCUT2D eigenvalue weighted by Crippen LogP contribution is 2.44. The molecule has 0 bridgehead atoms. The van der Waals surface area contributed by atoms with Crippen LogP contribution in [0.4, 0.5) is 11.4 Å². The zero-order chi connectivity index (χ0) is 26.1. The van der Waals surface area contributed by atoms with Gasteiger partial charge in [-0.15, -0.1) is 0 Å². The third-order valence-electron chi connectivity index (χ3n) is 6.89. The summed E-state index contributed by atoms with van der Waals surface area (Å²) in [5, 5.41) is 21.7. The van der Waals surface area contributed by atoms with E-state index < -0.39 is 23.5 Å². The number of ether oxygens (including phenoxy) is 2. The molecule has 2 heterocycles. The number of ketones is 1. The fourth-order valence-corrected chi connectivity index (χ4v) is 5.05. The van der Waals surface area contributed by atoms with Crippen LogP contribution in [0.1, 0.15) is 30.0 Å². The summed E-state index contributed by atoms with van der Waals surface area (Å²) in [4.78, 5) is 30.5. The van der Waals surface area contributed by atoms with Crippen molar-refractivity contribution in [2.24, 2.45) is 0 Å². The fraction of sp³-hybridized carbons (Fsp3) is 0.241. The zero-order valence-corrected chi connectivity index (χ0v) is 20.7. The maximum atomic E-state index is 13.5.